The van der Waals surface area contributed by atoms with Crippen LogP contribution in [0.15, 0.2) is 30.5 Å². The number of H-pyrrole nitrogens is 1. The molecule has 1 aromatic heterocycles. The largest absolute Gasteiger partial charge is 0.385 e. The van der Waals surface area contributed by atoms with Gasteiger partial charge in [-0.25, -0.2) is 0 Å². The first-order valence-corrected chi connectivity index (χ1v) is 10.0. The van der Waals surface area contributed by atoms with E-state index in [9.17, 15) is 5.11 Å². The molecule has 3 aliphatic rings. The molecule has 0 spiro atoms. The summed E-state index contributed by atoms with van der Waals surface area (Å²) in [5, 5.41) is 12.4. The molecule has 25 heavy (non-hydrogen) atoms. The molecule has 3 nitrogen and oxygen atoms in total. The van der Waals surface area contributed by atoms with E-state index in [1.807, 2.05) is 0 Å². The fourth-order valence-corrected chi connectivity index (χ4v) is 5.22. The number of benzene rings is 1. The summed E-state index contributed by atoms with van der Waals surface area (Å²) in [6, 6.07) is 7.18. The van der Waals surface area contributed by atoms with Crippen LogP contribution in [0.2, 0.25) is 0 Å². The van der Waals surface area contributed by atoms with Crippen LogP contribution in [-0.4, -0.2) is 34.1 Å². The highest BCUT2D eigenvalue weighted by atomic mass is 16.3. The Morgan fingerprint density at radius 3 is 2.84 bits per heavy atom. The minimum atomic E-state index is -0.621. The van der Waals surface area contributed by atoms with Crippen molar-refractivity contribution >= 4 is 16.5 Å². The first-order valence-electron chi connectivity index (χ1n) is 10.0. The van der Waals surface area contributed by atoms with E-state index >= 15 is 0 Å². The minimum Gasteiger partial charge on any atom is -0.385 e. The molecule has 1 saturated heterocycles. The van der Waals surface area contributed by atoms with Gasteiger partial charge in [0.2, 0.25) is 0 Å². The number of aromatic amines is 1. The topological polar surface area (TPSA) is 39.3 Å². The smallest absolute Gasteiger partial charge is 0.0896 e. The van der Waals surface area contributed by atoms with E-state index in [0.717, 1.165) is 37.7 Å². The third-order valence-electron chi connectivity index (χ3n) is 6.72. The number of nitrogens with zero attached hydrogens (tertiary/aromatic N) is 1. The van der Waals surface area contributed by atoms with Crippen LogP contribution in [0.25, 0.3) is 16.5 Å². The maximum Gasteiger partial charge on any atom is 0.0896 e. The Labute approximate surface area is 149 Å². The number of fused-ring (bicyclic) bond motifs is 2. The second-order valence-corrected chi connectivity index (χ2v) is 8.24. The summed E-state index contributed by atoms with van der Waals surface area (Å²) in [6.45, 7) is 2.45. The molecule has 2 aromatic rings. The number of aliphatic hydroxyl groups is 1. The summed E-state index contributed by atoms with van der Waals surface area (Å²) >= 11 is 0. The van der Waals surface area contributed by atoms with Crippen LogP contribution in [0.4, 0.5) is 0 Å². The third kappa shape index (κ3) is 2.65. The number of aromatic nitrogens is 1. The van der Waals surface area contributed by atoms with Crippen molar-refractivity contribution < 1.29 is 5.11 Å². The van der Waals surface area contributed by atoms with E-state index < -0.39 is 5.60 Å². The molecule has 0 amide bonds. The van der Waals surface area contributed by atoms with E-state index in [4.69, 9.17) is 0 Å². The molecule has 2 fully saturated rings. The Kier molecular flexibility index (Phi) is 3.76. The Balaban J connectivity index is 1.54. The lowest BCUT2D eigenvalue weighted by molar-refractivity contribution is -0.000507. The van der Waals surface area contributed by atoms with Gasteiger partial charge in [0.05, 0.1) is 5.60 Å². The van der Waals surface area contributed by atoms with Crippen LogP contribution in [-0.2, 0) is 5.60 Å². The summed E-state index contributed by atoms with van der Waals surface area (Å²) in [4.78, 5) is 6.07. The molecule has 1 saturated carbocycles. The molecule has 3 heteroatoms. The van der Waals surface area contributed by atoms with E-state index in [2.05, 4.69) is 40.4 Å². The highest BCUT2D eigenvalue weighted by Crippen LogP contribution is 2.40. The highest BCUT2D eigenvalue weighted by Gasteiger charge is 2.32. The fraction of sp³-hybridized carbons (Fsp3) is 0.545. The molecule has 2 aliphatic heterocycles. The van der Waals surface area contributed by atoms with Crippen molar-refractivity contribution in [2.45, 2.75) is 63.0 Å². The molecule has 1 unspecified atom stereocenters. The summed E-state index contributed by atoms with van der Waals surface area (Å²) in [6.07, 6.45) is 13.8. The van der Waals surface area contributed by atoms with Gasteiger partial charge in [0.1, 0.15) is 0 Å². The maximum absolute atomic E-state index is 11.1. The molecular formula is C22H28N2O. The van der Waals surface area contributed by atoms with Crippen LogP contribution >= 0.6 is 0 Å². The summed E-state index contributed by atoms with van der Waals surface area (Å²) < 4.78 is 0. The monoisotopic (exact) mass is 336 g/mol. The van der Waals surface area contributed by atoms with E-state index in [1.54, 1.807) is 0 Å². The molecule has 5 rings (SSSR count). The Bertz CT molecular complexity index is 813. The number of nitrogens with one attached hydrogen (secondary N) is 1. The van der Waals surface area contributed by atoms with Crippen LogP contribution in [0, 0.1) is 0 Å². The highest BCUT2D eigenvalue weighted by molar-refractivity contribution is 5.93. The van der Waals surface area contributed by atoms with Crippen molar-refractivity contribution in [2.24, 2.45) is 0 Å². The van der Waals surface area contributed by atoms with Gasteiger partial charge in [-0.1, -0.05) is 31.4 Å². The zero-order valence-corrected chi connectivity index (χ0v) is 14.9. The predicted molar refractivity (Wildman–Crippen MR) is 102 cm³/mol. The summed E-state index contributed by atoms with van der Waals surface area (Å²) in [7, 11) is 0. The number of hydrogen-bond donors (Lipinski definition) is 2. The molecular weight excluding hydrogens is 308 g/mol. The van der Waals surface area contributed by atoms with Gasteiger partial charge in [0, 0.05) is 35.2 Å². The zero-order chi connectivity index (χ0) is 16.9. The molecule has 1 aromatic carbocycles. The lowest BCUT2D eigenvalue weighted by Crippen LogP contribution is -2.32. The maximum atomic E-state index is 11.1. The SMILES string of the molecule is OC1(c2ccc3[nH]cc(C4=CC5CCCN5CC4)c3c2)CCCCC1. The average molecular weight is 336 g/mol. The Hall–Kier alpha value is -1.58. The summed E-state index contributed by atoms with van der Waals surface area (Å²) in [5.74, 6) is 0. The van der Waals surface area contributed by atoms with Gasteiger partial charge >= 0.3 is 0 Å². The van der Waals surface area contributed by atoms with Crippen LogP contribution < -0.4 is 0 Å². The molecule has 1 atom stereocenters. The Morgan fingerprint density at radius 2 is 1.96 bits per heavy atom. The third-order valence-corrected chi connectivity index (χ3v) is 6.72. The first kappa shape index (κ1) is 15.7. The van der Waals surface area contributed by atoms with Crippen molar-refractivity contribution in [1.29, 1.82) is 0 Å². The molecule has 1 aliphatic carbocycles. The fourth-order valence-electron chi connectivity index (χ4n) is 5.22. The van der Waals surface area contributed by atoms with E-state index in [0.29, 0.717) is 6.04 Å². The van der Waals surface area contributed by atoms with Crippen molar-refractivity contribution in [3.8, 4) is 0 Å². The average Bonchev–Trinajstić information content (AvgIpc) is 3.27. The molecule has 2 N–H and O–H groups in total. The molecule has 0 bridgehead atoms. The summed E-state index contributed by atoms with van der Waals surface area (Å²) in [5.41, 5.74) is 4.52. The lowest BCUT2D eigenvalue weighted by atomic mass is 9.79. The van der Waals surface area contributed by atoms with Crippen molar-refractivity contribution in [3.05, 3.63) is 41.6 Å². The van der Waals surface area contributed by atoms with Crippen molar-refractivity contribution in [1.82, 2.24) is 9.88 Å². The molecule has 3 heterocycles. The van der Waals surface area contributed by atoms with Gasteiger partial charge in [-0.3, -0.25) is 4.90 Å². The van der Waals surface area contributed by atoms with Gasteiger partial charge in [-0.15, -0.1) is 0 Å². The second-order valence-electron chi connectivity index (χ2n) is 8.24. The van der Waals surface area contributed by atoms with Gasteiger partial charge in [0.25, 0.3) is 0 Å². The van der Waals surface area contributed by atoms with Gasteiger partial charge in [-0.05, 0) is 61.9 Å². The van der Waals surface area contributed by atoms with Crippen molar-refractivity contribution in [2.75, 3.05) is 13.1 Å². The van der Waals surface area contributed by atoms with Crippen LogP contribution in [0.3, 0.4) is 0 Å². The minimum absolute atomic E-state index is 0.621. The standard InChI is InChI=1S/C22H28N2O/c25-22(9-2-1-3-10-22)17-6-7-21-19(14-17)20(15-23-21)16-8-12-24-11-4-5-18(24)13-16/h6-7,13-15,18,23,25H,1-5,8-12H2. The van der Waals surface area contributed by atoms with Gasteiger partial charge in [0.15, 0.2) is 0 Å². The normalized spacial score (nSPS) is 26.6. The lowest BCUT2D eigenvalue weighted by Gasteiger charge is -2.32. The van der Waals surface area contributed by atoms with Crippen molar-refractivity contribution in [3.63, 3.8) is 0 Å². The zero-order valence-electron chi connectivity index (χ0n) is 14.9. The van der Waals surface area contributed by atoms with Crippen LogP contribution in [0.5, 0.6) is 0 Å². The van der Waals surface area contributed by atoms with Gasteiger partial charge < -0.3 is 10.1 Å². The first-order chi connectivity index (χ1) is 12.2. The quantitative estimate of drug-likeness (QED) is 0.843. The Morgan fingerprint density at radius 1 is 1.08 bits per heavy atom. The van der Waals surface area contributed by atoms with E-state index in [-0.39, 0.29) is 0 Å². The molecule has 132 valence electrons. The number of hydrogen-bond acceptors (Lipinski definition) is 2. The number of rotatable bonds is 2. The van der Waals surface area contributed by atoms with Crippen LogP contribution in [0.1, 0.15) is 62.5 Å². The second kappa shape index (κ2) is 6.00. The van der Waals surface area contributed by atoms with E-state index in [1.165, 1.54) is 54.4 Å². The molecule has 0 radical (unpaired) electrons. The van der Waals surface area contributed by atoms with Gasteiger partial charge in [-0.2, -0.15) is 0 Å². The predicted octanol–water partition coefficient (Wildman–Crippen LogP) is 4.57.